The minimum Gasteiger partial charge on any atom is -0.493 e. The van der Waals surface area contributed by atoms with Gasteiger partial charge in [-0.05, 0) is 12.6 Å². The molecule has 2 unspecified atom stereocenters. The fourth-order valence-electron chi connectivity index (χ4n) is 2.52. The summed E-state index contributed by atoms with van der Waals surface area (Å²) in [6, 6.07) is 7.04. The van der Waals surface area contributed by atoms with Crippen molar-refractivity contribution in [3.05, 3.63) is 29.8 Å². The van der Waals surface area contributed by atoms with E-state index < -0.39 is 12.0 Å². The Bertz CT molecular complexity index is 397. The Balaban J connectivity index is 2.55. The van der Waals surface area contributed by atoms with Crippen LogP contribution < -0.4 is 10.1 Å². The first kappa shape index (κ1) is 12.3. The number of rotatable bonds is 3. The number of halogens is 2. The Labute approximate surface area is 100.0 Å². The van der Waals surface area contributed by atoms with Crippen LogP contribution in [0.3, 0.4) is 0 Å². The molecule has 1 N–H and O–H groups in total. The van der Waals surface area contributed by atoms with Crippen LogP contribution in [0.4, 0.5) is 8.78 Å². The second kappa shape index (κ2) is 4.61. The molecule has 0 aliphatic carbocycles. The molecule has 0 fully saturated rings. The fourth-order valence-corrected chi connectivity index (χ4v) is 2.52. The standard InChI is InChI=1S/C13H17F2NO/c1-3-16-13(12(14)15)9(2)8-17-11-7-5-4-6-10(11)13/h4-7,9,12,16H,3,8H2,1-2H3. The summed E-state index contributed by atoms with van der Waals surface area (Å²) in [5.41, 5.74) is -0.723. The van der Waals surface area contributed by atoms with Gasteiger partial charge in [0.15, 0.2) is 0 Å². The summed E-state index contributed by atoms with van der Waals surface area (Å²) < 4.78 is 32.7. The highest BCUT2D eigenvalue weighted by molar-refractivity contribution is 5.42. The van der Waals surface area contributed by atoms with E-state index in [2.05, 4.69) is 5.32 Å². The highest BCUT2D eigenvalue weighted by atomic mass is 19.3. The van der Waals surface area contributed by atoms with Crippen LogP contribution in [0.15, 0.2) is 24.3 Å². The monoisotopic (exact) mass is 241 g/mol. The summed E-state index contributed by atoms with van der Waals surface area (Å²) in [5, 5.41) is 2.97. The average Bonchev–Trinajstić information content (AvgIpc) is 2.32. The molecule has 4 heteroatoms. The van der Waals surface area contributed by atoms with Gasteiger partial charge in [-0.1, -0.05) is 32.0 Å². The molecule has 0 aromatic heterocycles. The van der Waals surface area contributed by atoms with E-state index in [9.17, 15) is 8.78 Å². The van der Waals surface area contributed by atoms with E-state index in [0.29, 0.717) is 24.5 Å². The lowest BCUT2D eigenvalue weighted by atomic mass is 9.77. The number of ether oxygens (including phenoxy) is 1. The molecule has 0 bridgehead atoms. The van der Waals surface area contributed by atoms with E-state index in [1.807, 2.05) is 6.92 Å². The first-order valence-corrected chi connectivity index (χ1v) is 5.88. The molecule has 0 radical (unpaired) electrons. The number of para-hydroxylation sites is 1. The highest BCUT2D eigenvalue weighted by Crippen LogP contribution is 2.43. The molecule has 17 heavy (non-hydrogen) atoms. The van der Waals surface area contributed by atoms with Crippen molar-refractivity contribution in [2.45, 2.75) is 25.8 Å². The van der Waals surface area contributed by atoms with Crippen molar-refractivity contribution in [2.75, 3.05) is 13.2 Å². The zero-order valence-electron chi connectivity index (χ0n) is 10.0. The van der Waals surface area contributed by atoms with E-state index in [1.165, 1.54) is 0 Å². The van der Waals surface area contributed by atoms with Crippen LogP contribution in [0.25, 0.3) is 0 Å². The van der Waals surface area contributed by atoms with Gasteiger partial charge in [0.25, 0.3) is 6.43 Å². The predicted molar refractivity (Wildman–Crippen MR) is 62.5 cm³/mol. The third kappa shape index (κ3) is 1.80. The predicted octanol–water partition coefficient (Wildman–Crippen LogP) is 2.79. The molecule has 0 amide bonds. The quantitative estimate of drug-likeness (QED) is 0.878. The maximum Gasteiger partial charge on any atom is 0.261 e. The molecule has 1 aromatic carbocycles. The van der Waals surface area contributed by atoms with E-state index in [4.69, 9.17) is 4.74 Å². The highest BCUT2D eigenvalue weighted by Gasteiger charge is 2.49. The van der Waals surface area contributed by atoms with Gasteiger partial charge in [0.2, 0.25) is 0 Å². The minimum absolute atomic E-state index is 0.266. The molecule has 2 atom stereocenters. The summed E-state index contributed by atoms with van der Waals surface area (Å²) in [6.45, 7) is 4.46. The number of benzene rings is 1. The summed E-state index contributed by atoms with van der Waals surface area (Å²) in [4.78, 5) is 0. The topological polar surface area (TPSA) is 21.3 Å². The van der Waals surface area contributed by atoms with Crippen molar-refractivity contribution < 1.29 is 13.5 Å². The van der Waals surface area contributed by atoms with Crippen LogP contribution in [-0.4, -0.2) is 19.6 Å². The molecule has 0 spiro atoms. The molecular formula is C13H17F2NO. The first-order chi connectivity index (χ1) is 8.13. The van der Waals surface area contributed by atoms with Gasteiger partial charge in [-0.2, -0.15) is 0 Å². The second-order valence-electron chi connectivity index (χ2n) is 4.41. The lowest BCUT2D eigenvalue weighted by molar-refractivity contribution is -0.0318. The van der Waals surface area contributed by atoms with Gasteiger partial charge in [0.1, 0.15) is 11.3 Å². The SMILES string of the molecule is CCNC1(C(F)F)c2ccccc2OCC1C. The lowest BCUT2D eigenvalue weighted by Gasteiger charge is -2.43. The average molecular weight is 241 g/mol. The van der Waals surface area contributed by atoms with Crippen LogP contribution in [0.5, 0.6) is 5.75 Å². The van der Waals surface area contributed by atoms with Crippen molar-refractivity contribution in [3.8, 4) is 5.75 Å². The van der Waals surface area contributed by atoms with E-state index in [0.717, 1.165) is 0 Å². The maximum atomic E-state index is 13.6. The molecule has 2 nitrogen and oxygen atoms in total. The van der Waals surface area contributed by atoms with Crippen LogP contribution in [0.2, 0.25) is 0 Å². The Morgan fingerprint density at radius 1 is 1.47 bits per heavy atom. The molecular weight excluding hydrogens is 224 g/mol. The van der Waals surface area contributed by atoms with Crippen LogP contribution in [0, 0.1) is 5.92 Å². The van der Waals surface area contributed by atoms with Crippen LogP contribution >= 0.6 is 0 Å². The van der Waals surface area contributed by atoms with Gasteiger partial charge < -0.3 is 10.1 Å². The molecule has 1 heterocycles. The molecule has 1 aliphatic rings. The molecule has 0 saturated carbocycles. The zero-order chi connectivity index (χ0) is 12.5. The Morgan fingerprint density at radius 3 is 2.82 bits per heavy atom. The van der Waals surface area contributed by atoms with Gasteiger partial charge in [0.05, 0.1) is 6.61 Å². The molecule has 1 aromatic rings. The van der Waals surface area contributed by atoms with Crippen molar-refractivity contribution in [2.24, 2.45) is 5.92 Å². The van der Waals surface area contributed by atoms with E-state index >= 15 is 0 Å². The van der Waals surface area contributed by atoms with Gasteiger partial charge in [-0.15, -0.1) is 0 Å². The normalized spacial score (nSPS) is 27.7. The van der Waals surface area contributed by atoms with Gasteiger partial charge in [-0.3, -0.25) is 0 Å². The third-order valence-corrected chi connectivity index (χ3v) is 3.41. The summed E-state index contributed by atoms with van der Waals surface area (Å²) in [7, 11) is 0. The summed E-state index contributed by atoms with van der Waals surface area (Å²) in [5.74, 6) is 0.296. The third-order valence-electron chi connectivity index (χ3n) is 3.41. The largest absolute Gasteiger partial charge is 0.493 e. The van der Waals surface area contributed by atoms with Crippen molar-refractivity contribution in [1.82, 2.24) is 5.32 Å². The Kier molecular flexibility index (Phi) is 3.33. The molecule has 1 aliphatic heterocycles. The number of hydrogen-bond donors (Lipinski definition) is 1. The number of nitrogens with one attached hydrogen (secondary N) is 1. The summed E-state index contributed by atoms with van der Waals surface area (Å²) in [6.07, 6.45) is -2.46. The van der Waals surface area contributed by atoms with E-state index in [-0.39, 0.29) is 5.92 Å². The van der Waals surface area contributed by atoms with Gasteiger partial charge in [-0.25, -0.2) is 8.78 Å². The van der Waals surface area contributed by atoms with E-state index in [1.54, 1.807) is 31.2 Å². The van der Waals surface area contributed by atoms with Crippen LogP contribution in [0.1, 0.15) is 19.4 Å². The van der Waals surface area contributed by atoms with Crippen LogP contribution in [-0.2, 0) is 5.54 Å². The molecule has 94 valence electrons. The fraction of sp³-hybridized carbons (Fsp3) is 0.538. The lowest BCUT2D eigenvalue weighted by Crippen LogP contribution is -2.56. The summed E-state index contributed by atoms with van der Waals surface area (Å²) >= 11 is 0. The van der Waals surface area contributed by atoms with Crippen molar-refractivity contribution >= 4 is 0 Å². The first-order valence-electron chi connectivity index (χ1n) is 5.88. The second-order valence-corrected chi connectivity index (χ2v) is 4.41. The molecule has 0 saturated heterocycles. The number of alkyl halides is 2. The Hall–Kier alpha value is -1.16. The molecule has 2 rings (SSSR count). The smallest absolute Gasteiger partial charge is 0.261 e. The number of fused-ring (bicyclic) bond motifs is 1. The van der Waals surface area contributed by atoms with Gasteiger partial charge >= 0.3 is 0 Å². The Morgan fingerprint density at radius 2 is 2.18 bits per heavy atom. The van der Waals surface area contributed by atoms with Crippen molar-refractivity contribution in [1.29, 1.82) is 0 Å². The minimum atomic E-state index is -2.46. The maximum absolute atomic E-state index is 13.6. The van der Waals surface area contributed by atoms with Crippen molar-refractivity contribution in [3.63, 3.8) is 0 Å². The number of hydrogen-bond acceptors (Lipinski definition) is 2. The zero-order valence-corrected chi connectivity index (χ0v) is 10.0. The van der Waals surface area contributed by atoms with Gasteiger partial charge in [0, 0.05) is 11.5 Å².